The minimum Gasteiger partial charge on any atom is -0.364 e. The Kier molecular flexibility index (Phi) is 6.16. The van der Waals surface area contributed by atoms with Gasteiger partial charge in [0, 0.05) is 25.3 Å². The standard InChI is InChI=1S/C17H24N6O3S2/c1-11(2)28(25,26)22-12-6-5-9-23(10-12)17-21-14(15(18)24)16(27-17)20-13-7-3-4-8-19-13/h3-4,7-8,11-12,22H,5-6,9-10H2,1-2H3,(H2,18,24)(H,19,20)/t12-/m1/s1. The predicted octanol–water partition coefficient (Wildman–Crippen LogP) is 1.68. The molecule has 0 saturated carbocycles. The van der Waals surface area contributed by atoms with E-state index in [4.69, 9.17) is 5.73 Å². The molecule has 28 heavy (non-hydrogen) atoms. The number of sulfonamides is 1. The van der Waals surface area contributed by atoms with Crippen molar-refractivity contribution < 1.29 is 13.2 Å². The van der Waals surface area contributed by atoms with E-state index >= 15 is 0 Å². The van der Waals surface area contributed by atoms with Crippen molar-refractivity contribution in [1.82, 2.24) is 14.7 Å². The van der Waals surface area contributed by atoms with Gasteiger partial charge in [0.25, 0.3) is 5.91 Å². The molecule has 4 N–H and O–H groups in total. The normalized spacial score (nSPS) is 17.7. The molecule has 0 unspecified atom stereocenters. The van der Waals surface area contributed by atoms with Gasteiger partial charge in [-0.25, -0.2) is 23.1 Å². The monoisotopic (exact) mass is 424 g/mol. The van der Waals surface area contributed by atoms with Crippen LogP contribution in [0.4, 0.5) is 16.0 Å². The molecule has 1 fully saturated rings. The molecule has 0 spiro atoms. The molecule has 0 bridgehead atoms. The number of thiazole rings is 1. The van der Waals surface area contributed by atoms with Gasteiger partial charge in [-0.2, -0.15) is 0 Å². The van der Waals surface area contributed by atoms with Crippen molar-refractivity contribution in [2.45, 2.75) is 38.0 Å². The van der Waals surface area contributed by atoms with Gasteiger partial charge in [-0.15, -0.1) is 0 Å². The number of nitrogens with two attached hydrogens (primary N) is 1. The van der Waals surface area contributed by atoms with Crippen molar-refractivity contribution in [3.8, 4) is 0 Å². The molecule has 2 aromatic heterocycles. The molecule has 3 rings (SSSR count). The first-order valence-corrected chi connectivity index (χ1v) is 11.4. The summed E-state index contributed by atoms with van der Waals surface area (Å²) in [6.07, 6.45) is 3.22. The molecule has 3 heterocycles. The van der Waals surface area contributed by atoms with Gasteiger partial charge in [0.2, 0.25) is 10.0 Å². The lowest BCUT2D eigenvalue weighted by Crippen LogP contribution is -2.49. The van der Waals surface area contributed by atoms with Gasteiger partial charge in [0.1, 0.15) is 10.8 Å². The van der Waals surface area contributed by atoms with E-state index in [2.05, 4.69) is 20.0 Å². The SMILES string of the molecule is CC(C)S(=O)(=O)N[C@@H]1CCCN(c2nc(C(N)=O)c(Nc3ccccn3)s2)C1. The molecule has 2 aromatic rings. The second-order valence-corrected chi connectivity index (χ2v) is 10.1. The second-order valence-electron chi connectivity index (χ2n) is 6.88. The van der Waals surface area contributed by atoms with Crippen LogP contribution in [-0.2, 0) is 10.0 Å². The van der Waals surface area contributed by atoms with E-state index in [1.54, 1.807) is 32.2 Å². The number of amides is 1. The van der Waals surface area contributed by atoms with Gasteiger partial charge in [0.05, 0.1) is 5.25 Å². The van der Waals surface area contributed by atoms with Crippen LogP contribution in [0.25, 0.3) is 0 Å². The van der Waals surface area contributed by atoms with Crippen LogP contribution in [0.5, 0.6) is 0 Å². The number of rotatable bonds is 7. The lowest BCUT2D eigenvalue weighted by atomic mass is 10.1. The van der Waals surface area contributed by atoms with Crippen LogP contribution in [0.3, 0.4) is 0 Å². The molecule has 1 saturated heterocycles. The lowest BCUT2D eigenvalue weighted by molar-refractivity contribution is 0.0997. The number of anilines is 3. The van der Waals surface area contributed by atoms with Crippen molar-refractivity contribution in [1.29, 1.82) is 0 Å². The van der Waals surface area contributed by atoms with E-state index < -0.39 is 21.2 Å². The summed E-state index contributed by atoms with van der Waals surface area (Å²) in [5.74, 6) is -0.0450. The molecule has 9 nitrogen and oxygen atoms in total. The number of pyridine rings is 1. The second kappa shape index (κ2) is 8.41. The highest BCUT2D eigenvalue weighted by Gasteiger charge is 2.28. The Balaban J connectivity index is 1.79. The number of hydrogen-bond acceptors (Lipinski definition) is 8. The number of carbonyl (C=O) groups excluding carboxylic acids is 1. The van der Waals surface area contributed by atoms with Crippen LogP contribution in [0, 0.1) is 0 Å². The summed E-state index contributed by atoms with van der Waals surface area (Å²) in [6, 6.07) is 5.21. The van der Waals surface area contributed by atoms with Gasteiger partial charge < -0.3 is 16.0 Å². The van der Waals surface area contributed by atoms with Gasteiger partial charge in [-0.05, 0) is 38.8 Å². The third-order valence-corrected chi connectivity index (χ3v) is 7.33. The number of aromatic nitrogens is 2. The topological polar surface area (TPSA) is 130 Å². The first-order chi connectivity index (χ1) is 13.3. The number of carbonyl (C=O) groups is 1. The summed E-state index contributed by atoms with van der Waals surface area (Å²) in [7, 11) is -3.35. The van der Waals surface area contributed by atoms with Gasteiger partial charge in [-0.1, -0.05) is 17.4 Å². The molecular formula is C17H24N6O3S2. The van der Waals surface area contributed by atoms with E-state index in [9.17, 15) is 13.2 Å². The van der Waals surface area contributed by atoms with E-state index in [1.807, 2.05) is 11.0 Å². The Bertz CT molecular complexity index is 930. The van der Waals surface area contributed by atoms with E-state index in [0.29, 0.717) is 22.5 Å². The Morgan fingerprint density at radius 1 is 1.39 bits per heavy atom. The quantitative estimate of drug-likeness (QED) is 0.616. The van der Waals surface area contributed by atoms with Crippen LogP contribution in [0.15, 0.2) is 24.4 Å². The molecule has 0 radical (unpaired) electrons. The highest BCUT2D eigenvalue weighted by Crippen LogP contribution is 2.34. The summed E-state index contributed by atoms with van der Waals surface area (Å²) < 4.78 is 27.1. The van der Waals surface area contributed by atoms with Crippen LogP contribution in [0.2, 0.25) is 0 Å². The third kappa shape index (κ3) is 4.78. The van der Waals surface area contributed by atoms with Gasteiger partial charge >= 0.3 is 0 Å². The smallest absolute Gasteiger partial charge is 0.270 e. The highest BCUT2D eigenvalue weighted by molar-refractivity contribution is 7.90. The van der Waals surface area contributed by atoms with Crippen molar-refractivity contribution >= 4 is 43.2 Å². The summed E-state index contributed by atoms with van der Waals surface area (Å²) in [6.45, 7) is 4.52. The molecule has 0 aliphatic carbocycles. The maximum absolute atomic E-state index is 12.2. The number of hydrogen-bond donors (Lipinski definition) is 3. The van der Waals surface area contributed by atoms with Gasteiger partial charge in [-0.3, -0.25) is 4.79 Å². The van der Waals surface area contributed by atoms with E-state index in [-0.39, 0.29) is 11.7 Å². The van der Waals surface area contributed by atoms with Crippen LogP contribution >= 0.6 is 11.3 Å². The van der Waals surface area contributed by atoms with E-state index in [0.717, 1.165) is 19.4 Å². The number of piperidine rings is 1. The van der Waals surface area contributed by atoms with Crippen LogP contribution < -0.4 is 20.7 Å². The molecule has 152 valence electrons. The van der Waals surface area contributed by atoms with Crippen LogP contribution in [-0.4, -0.2) is 48.7 Å². The molecule has 1 atom stereocenters. The number of nitrogens with one attached hydrogen (secondary N) is 2. The summed E-state index contributed by atoms with van der Waals surface area (Å²) in [5.41, 5.74) is 5.64. The molecule has 1 amide bonds. The minimum absolute atomic E-state index is 0.149. The predicted molar refractivity (Wildman–Crippen MR) is 111 cm³/mol. The fourth-order valence-electron chi connectivity index (χ4n) is 2.86. The average molecular weight is 425 g/mol. The largest absolute Gasteiger partial charge is 0.364 e. The Morgan fingerprint density at radius 2 is 2.18 bits per heavy atom. The molecule has 1 aliphatic heterocycles. The highest BCUT2D eigenvalue weighted by atomic mass is 32.2. The lowest BCUT2D eigenvalue weighted by Gasteiger charge is -2.33. The summed E-state index contributed by atoms with van der Waals surface area (Å²) in [5, 5.41) is 3.74. The average Bonchev–Trinajstić information content (AvgIpc) is 3.06. The zero-order valence-electron chi connectivity index (χ0n) is 15.8. The minimum atomic E-state index is -3.35. The third-order valence-electron chi connectivity index (χ3n) is 4.40. The maximum Gasteiger partial charge on any atom is 0.270 e. The number of nitrogens with zero attached hydrogens (tertiary/aromatic N) is 3. The molecule has 0 aromatic carbocycles. The summed E-state index contributed by atoms with van der Waals surface area (Å²) in [4.78, 5) is 22.4. The molecule has 11 heteroatoms. The first kappa shape index (κ1) is 20.5. The zero-order chi connectivity index (χ0) is 20.3. The zero-order valence-corrected chi connectivity index (χ0v) is 17.4. The fraction of sp³-hybridized carbons (Fsp3) is 0.471. The van der Waals surface area contributed by atoms with Crippen molar-refractivity contribution in [2.24, 2.45) is 5.73 Å². The Morgan fingerprint density at radius 3 is 2.82 bits per heavy atom. The Hall–Kier alpha value is -2.24. The van der Waals surface area contributed by atoms with E-state index in [1.165, 1.54) is 11.3 Å². The Labute approximate surface area is 168 Å². The van der Waals surface area contributed by atoms with Crippen molar-refractivity contribution in [3.05, 3.63) is 30.1 Å². The first-order valence-electron chi connectivity index (χ1n) is 9.01. The molecule has 1 aliphatic rings. The van der Waals surface area contributed by atoms with Crippen LogP contribution in [0.1, 0.15) is 37.2 Å². The van der Waals surface area contributed by atoms with Gasteiger partial charge in [0.15, 0.2) is 10.8 Å². The van der Waals surface area contributed by atoms with Crippen molar-refractivity contribution in [2.75, 3.05) is 23.3 Å². The summed E-state index contributed by atoms with van der Waals surface area (Å²) >= 11 is 1.30. The maximum atomic E-state index is 12.2. The van der Waals surface area contributed by atoms with Crippen molar-refractivity contribution in [3.63, 3.8) is 0 Å². The number of primary amides is 1. The fourth-order valence-corrected chi connectivity index (χ4v) is 4.81. The molecular weight excluding hydrogens is 400 g/mol.